The number of benzene rings is 1. The van der Waals surface area contributed by atoms with Crippen molar-refractivity contribution in [3.05, 3.63) is 57.5 Å². The molecule has 3 rings (SSSR count). The van der Waals surface area contributed by atoms with Crippen LogP contribution >= 0.6 is 27.3 Å². The molecule has 4 nitrogen and oxygen atoms in total. The fourth-order valence-corrected chi connectivity index (χ4v) is 3.55. The van der Waals surface area contributed by atoms with Crippen molar-refractivity contribution in [2.24, 2.45) is 0 Å². The highest BCUT2D eigenvalue weighted by Crippen LogP contribution is 2.26. The molecule has 6 heteroatoms. The highest BCUT2D eigenvalue weighted by atomic mass is 79.9. The first-order chi connectivity index (χ1) is 11.2. The summed E-state index contributed by atoms with van der Waals surface area (Å²) in [7, 11) is 1.62. The Morgan fingerprint density at radius 1 is 1.30 bits per heavy atom. The van der Waals surface area contributed by atoms with Gasteiger partial charge in [-0.2, -0.15) is 0 Å². The average Bonchev–Trinajstić information content (AvgIpc) is 3.12. The Bertz CT molecular complexity index is 808. The summed E-state index contributed by atoms with van der Waals surface area (Å²) in [5.74, 6) is -0.0671. The van der Waals surface area contributed by atoms with Gasteiger partial charge >= 0.3 is 0 Å². The van der Waals surface area contributed by atoms with Crippen molar-refractivity contribution in [3.8, 4) is 0 Å². The third kappa shape index (κ3) is 3.65. The van der Waals surface area contributed by atoms with Crippen LogP contribution in [0.2, 0.25) is 0 Å². The van der Waals surface area contributed by atoms with Crippen LogP contribution in [0.4, 0.5) is 0 Å². The van der Waals surface area contributed by atoms with Crippen LogP contribution in [-0.2, 0) is 11.3 Å². The molecule has 0 bridgehead atoms. The van der Waals surface area contributed by atoms with Gasteiger partial charge < -0.3 is 14.6 Å². The predicted octanol–water partition coefficient (Wildman–Crippen LogP) is 3.89. The molecule has 3 aromatic rings. The van der Waals surface area contributed by atoms with E-state index in [1.165, 1.54) is 0 Å². The number of carbonyl (C=O) groups excluding carboxylic acids is 1. The van der Waals surface area contributed by atoms with Gasteiger partial charge in [0.1, 0.15) is 5.69 Å². The maximum Gasteiger partial charge on any atom is 0.268 e. The minimum absolute atomic E-state index is 0.0671. The summed E-state index contributed by atoms with van der Waals surface area (Å²) >= 11 is 5.10. The van der Waals surface area contributed by atoms with Crippen molar-refractivity contribution in [2.75, 3.05) is 20.3 Å². The van der Waals surface area contributed by atoms with Gasteiger partial charge in [-0.05, 0) is 35.2 Å². The molecule has 0 aliphatic rings. The molecule has 1 amide bonds. The van der Waals surface area contributed by atoms with E-state index in [0.717, 1.165) is 20.3 Å². The first-order valence-corrected chi connectivity index (χ1v) is 8.94. The van der Waals surface area contributed by atoms with E-state index in [2.05, 4.69) is 49.4 Å². The largest absolute Gasteiger partial charge is 0.383 e. The van der Waals surface area contributed by atoms with Crippen LogP contribution in [0.5, 0.6) is 0 Å². The Balaban J connectivity index is 1.90. The summed E-state index contributed by atoms with van der Waals surface area (Å²) in [6.07, 6.45) is 0. The molecular weight excluding hydrogens is 376 g/mol. The molecule has 23 heavy (non-hydrogen) atoms. The van der Waals surface area contributed by atoms with Gasteiger partial charge in [-0.25, -0.2) is 0 Å². The third-order valence-electron chi connectivity index (χ3n) is 3.60. The van der Waals surface area contributed by atoms with Crippen LogP contribution in [0, 0.1) is 0 Å². The molecule has 0 radical (unpaired) electrons. The van der Waals surface area contributed by atoms with E-state index < -0.39 is 0 Å². The molecule has 0 unspecified atom stereocenters. The van der Waals surface area contributed by atoms with Crippen LogP contribution in [0.15, 0.2) is 46.3 Å². The van der Waals surface area contributed by atoms with Crippen molar-refractivity contribution in [1.29, 1.82) is 0 Å². The van der Waals surface area contributed by atoms with Crippen LogP contribution in [0.3, 0.4) is 0 Å². The minimum Gasteiger partial charge on any atom is -0.383 e. The van der Waals surface area contributed by atoms with Crippen LogP contribution in [0.1, 0.15) is 16.1 Å². The topological polar surface area (TPSA) is 43.3 Å². The van der Waals surface area contributed by atoms with Crippen LogP contribution in [0.25, 0.3) is 10.2 Å². The summed E-state index contributed by atoms with van der Waals surface area (Å²) < 4.78 is 9.22. The number of thiophene rings is 1. The smallest absolute Gasteiger partial charge is 0.268 e. The molecule has 2 heterocycles. The molecule has 0 saturated carbocycles. The van der Waals surface area contributed by atoms with Gasteiger partial charge in [-0.3, -0.25) is 4.79 Å². The van der Waals surface area contributed by atoms with Gasteiger partial charge in [-0.15, -0.1) is 11.3 Å². The molecule has 0 aliphatic carbocycles. The lowest BCUT2D eigenvalue weighted by molar-refractivity contribution is 0.0929. The summed E-state index contributed by atoms with van der Waals surface area (Å²) in [5.41, 5.74) is 2.93. The lowest BCUT2D eigenvalue weighted by Crippen LogP contribution is -2.29. The number of hydrogen-bond donors (Lipinski definition) is 1. The number of amides is 1. The molecule has 0 fully saturated rings. The standard InChI is InChI=1S/C17H17BrN2O2S/c1-22-8-7-19-17(21)15-10-16-14(6-9-23-16)20(15)11-12-2-4-13(18)5-3-12/h2-6,9-10H,7-8,11H2,1H3,(H,19,21). The number of carbonyl (C=O) groups is 1. The summed E-state index contributed by atoms with van der Waals surface area (Å²) in [6.45, 7) is 1.68. The van der Waals surface area contributed by atoms with E-state index in [4.69, 9.17) is 4.74 Å². The van der Waals surface area contributed by atoms with Crippen LogP contribution in [-0.4, -0.2) is 30.7 Å². The number of nitrogens with one attached hydrogen (secondary N) is 1. The normalized spacial score (nSPS) is 11.0. The zero-order chi connectivity index (χ0) is 16.2. The molecule has 1 aromatic carbocycles. The average molecular weight is 393 g/mol. The van der Waals surface area contributed by atoms with Crippen molar-refractivity contribution >= 4 is 43.4 Å². The molecular formula is C17H17BrN2O2S. The summed E-state index contributed by atoms with van der Waals surface area (Å²) in [5, 5.41) is 4.95. The fraction of sp³-hybridized carbons (Fsp3) is 0.235. The van der Waals surface area contributed by atoms with Gasteiger partial charge in [0.05, 0.1) is 16.8 Å². The fourth-order valence-electron chi connectivity index (χ4n) is 2.47. The number of ether oxygens (including phenoxy) is 1. The molecule has 0 saturated heterocycles. The maximum absolute atomic E-state index is 12.5. The van der Waals surface area contributed by atoms with Crippen LogP contribution < -0.4 is 5.32 Å². The first kappa shape index (κ1) is 16.2. The van der Waals surface area contributed by atoms with E-state index in [1.54, 1.807) is 18.4 Å². The van der Waals surface area contributed by atoms with E-state index in [0.29, 0.717) is 25.4 Å². The lowest BCUT2D eigenvalue weighted by atomic mass is 10.2. The van der Waals surface area contributed by atoms with Crippen molar-refractivity contribution < 1.29 is 9.53 Å². The maximum atomic E-state index is 12.5. The number of methoxy groups -OCH3 is 1. The van der Waals surface area contributed by atoms with Crippen molar-refractivity contribution in [3.63, 3.8) is 0 Å². The highest BCUT2D eigenvalue weighted by molar-refractivity contribution is 9.10. The zero-order valence-electron chi connectivity index (χ0n) is 12.7. The Kier molecular flexibility index (Phi) is 5.15. The number of aromatic nitrogens is 1. The monoisotopic (exact) mass is 392 g/mol. The predicted molar refractivity (Wildman–Crippen MR) is 97.3 cm³/mol. The van der Waals surface area contributed by atoms with Gasteiger partial charge in [0.15, 0.2) is 0 Å². The second kappa shape index (κ2) is 7.29. The van der Waals surface area contributed by atoms with E-state index in [-0.39, 0.29) is 5.91 Å². The van der Waals surface area contributed by atoms with Gasteiger partial charge in [0.2, 0.25) is 0 Å². The Hall–Kier alpha value is -1.63. The second-order valence-corrected chi connectivity index (χ2v) is 7.02. The van der Waals surface area contributed by atoms with Gasteiger partial charge in [0.25, 0.3) is 5.91 Å². The third-order valence-corrected chi connectivity index (χ3v) is 4.98. The lowest BCUT2D eigenvalue weighted by Gasteiger charge is -2.11. The zero-order valence-corrected chi connectivity index (χ0v) is 15.1. The van der Waals surface area contributed by atoms with E-state index in [1.807, 2.05) is 18.2 Å². The number of nitrogens with zero attached hydrogens (tertiary/aromatic N) is 1. The molecule has 0 spiro atoms. The summed E-state index contributed by atoms with van der Waals surface area (Å²) in [4.78, 5) is 12.5. The second-order valence-electron chi connectivity index (χ2n) is 5.16. The number of rotatable bonds is 6. The number of fused-ring (bicyclic) bond motifs is 1. The SMILES string of the molecule is COCCNC(=O)c1cc2sccc2n1Cc1ccc(Br)cc1. The molecule has 1 N–H and O–H groups in total. The van der Waals surface area contributed by atoms with Crippen molar-refractivity contribution in [1.82, 2.24) is 9.88 Å². The van der Waals surface area contributed by atoms with E-state index >= 15 is 0 Å². The van der Waals surface area contributed by atoms with E-state index in [9.17, 15) is 4.79 Å². The Labute approximate surface area is 147 Å². The Morgan fingerprint density at radius 2 is 2.09 bits per heavy atom. The first-order valence-electron chi connectivity index (χ1n) is 7.27. The van der Waals surface area contributed by atoms with Gasteiger partial charge in [0, 0.05) is 24.7 Å². The molecule has 0 atom stereocenters. The summed E-state index contributed by atoms with van der Waals surface area (Å²) in [6, 6.07) is 12.2. The molecule has 0 aliphatic heterocycles. The van der Waals surface area contributed by atoms with Gasteiger partial charge in [-0.1, -0.05) is 28.1 Å². The molecule has 120 valence electrons. The van der Waals surface area contributed by atoms with Crippen molar-refractivity contribution in [2.45, 2.75) is 6.54 Å². The minimum atomic E-state index is -0.0671. The number of halogens is 1. The number of hydrogen-bond acceptors (Lipinski definition) is 3. The molecule has 2 aromatic heterocycles. The Morgan fingerprint density at radius 3 is 2.83 bits per heavy atom. The quantitative estimate of drug-likeness (QED) is 0.646. The highest BCUT2D eigenvalue weighted by Gasteiger charge is 2.16.